The molecule has 0 saturated carbocycles. The van der Waals surface area contributed by atoms with E-state index in [1.165, 1.54) is 0 Å². The van der Waals surface area contributed by atoms with Crippen molar-refractivity contribution in [3.05, 3.63) is 0 Å². The van der Waals surface area contributed by atoms with Crippen molar-refractivity contribution in [2.75, 3.05) is 39.4 Å². The Morgan fingerprint density at radius 2 is 2.04 bits per heavy atom. The monoisotopic (exact) mass is 469 g/mol. The van der Waals surface area contributed by atoms with E-state index in [0.29, 0.717) is 18.0 Å². The fourth-order valence-corrected chi connectivity index (χ4v) is 2.71. The van der Waals surface area contributed by atoms with Gasteiger partial charge in [-0.05, 0) is 41.5 Å². The van der Waals surface area contributed by atoms with Crippen molar-refractivity contribution < 1.29 is 9.53 Å². The SMILES string of the molecule is CCNC(=NCC(=O)NC(C)(C)C)NCC(C)N1CCOCC1C.I. The highest BCUT2D eigenvalue weighted by Gasteiger charge is 2.23. The van der Waals surface area contributed by atoms with Gasteiger partial charge in [-0.15, -0.1) is 24.0 Å². The maximum atomic E-state index is 11.9. The van der Waals surface area contributed by atoms with Gasteiger partial charge in [0.05, 0.1) is 13.2 Å². The summed E-state index contributed by atoms with van der Waals surface area (Å²) < 4.78 is 5.49. The maximum absolute atomic E-state index is 11.9. The zero-order valence-electron chi connectivity index (χ0n) is 16.5. The second-order valence-electron chi connectivity index (χ2n) is 7.39. The molecule has 0 aromatic rings. The zero-order chi connectivity index (χ0) is 18.2. The van der Waals surface area contributed by atoms with Gasteiger partial charge in [0.15, 0.2) is 5.96 Å². The lowest BCUT2D eigenvalue weighted by atomic mass is 10.1. The largest absolute Gasteiger partial charge is 0.379 e. The number of ether oxygens (including phenoxy) is 1. The molecular weight excluding hydrogens is 433 g/mol. The van der Waals surface area contributed by atoms with Gasteiger partial charge in [0.2, 0.25) is 5.91 Å². The van der Waals surface area contributed by atoms with Crippen LogP contribution in [0.4, 0.5) is 0 Å². The third kappa shape index (κ3) is 10.2. The Bertz CT molecular complexity index is 426. The topological polar surface area (TPSA) is 78.0 Å². The first-order valence-electron chi connectivity index (χ1n) is 8.89. The van der Waals surface area contributed by atoms with Crippen LogP contribution in [0.5, 0.6) is 0 Å². The molecule has 1 aliphatic heterocycles. The van der Waals surface area contributed by atoms with Gasteiger partial charge in [-0.25, -0.2) is 4.99 Å². The molecule has 0 spiro atoms. The van der Waals surface area contributed by atoms with E-state index in [9.17, 15) is 4.79 Å². The molecule has 0 radical (unpaired) electrons. The number of hydrogen-bond donors (Lipinski definition) is 3. The first kappa shape index (κ1) is 24.4. The molecule has 8 heteroatoms. The molecule has 3 N–H and O–H groups in total. The van der Waals surface area contributed by atoms with Crippen molar-refractivity contribution >= 4 is 35.8 Å². The molecule has 2 atom stereocenters. The first-order chi connectivity index (χ1) is 11.2. The predicted octanol–water partition coefficient (Wildman–Crippen LogP) is 1.18. The predicted molar refractivity (Wildman–Crippen MR) is 114 cm³/mol. The number of carbonyl (C=O) groups is 1. The van der Waals surface area contributed by atoms with E-state index in [1.807, 2.05) is 27.7 Å². The summed E-state index contributed by atoms with van der Waals surface area (Å²) in [6.07, 6.45) is 0. The van der Waals surface area contributed by atoms with Crippen molar-refractivity contribution in [2.45, 2.75) is 59.2 Å². The summed E-state index contributed by atoms with van der Waals surface area (Å²) in [7, 11) is 0. The van der Waals surface area contributed by atoms with E-state index in [4.69, 9.17) is 4.74 Å². The molecule has 1 heterocycles. The van der Waals surface area contributed by atoms with Crippen LogP contribution in [0.15, 0.2) is 4.99 Å². The Labute approximate surface area is 169 Å². The van der Waals surface area contributed by atoms with E-state index in [0.717, 1.165) is 32.8 Å². The van der Waals surface area contributed by atoms with Gasteiger partial charge >= 0.3 is 0 Å². The Morgan fingerprint density at radius 1 is 1.36 bits per heavy atom. The van der Waals surface area contributed by atoms with E-state index in [-0.39, 0.29) is 42.0 Å². The molecule has 1 aliphatic rings. The number of guanidine groups is 1. The summed E-state index contributed by atoms with van der Waals surface area (Å²) in [5.74, 6) is 0.601. The van der Waals surface area contributed by atoms with Crippen LogP contribution in [0.2, 0.25) is 0 Å². The molecule has 7 nitrogen and oxygen atoms in total. The number of nitrogens with zero attached hydrogens (tertiary/aromatic N) is 2. The van der Waals surface area contributed by atoms with Crippen molar-refractivity contribution in [1.29, 1.82) is 0 Å². The minimum absolute atomic E-state index is 0. The van der Waals surface area contributed by atoms with Crippen LogP contribution in [0.1, 0.15) is 41.5 Å². The van der Waals surface area contributed by atoms with Gasteiger partial charge in [-0.2, -0.15) is 0 Å². The number of nitrogens with one attached hydrogen (secondary N) is 3. The zero-order valence-corrected chi connectivity index (χ0v) is 18.8. The highest BCUT2D eigenvalue weighted by atomic mass is 127. The minimum atomic E-state index is -0.237. The summed E-state index contributed by atoms with van der Waals surface area (Å²) >= 11 is 0. The summed E-state index contributed by atoms with van der Waals surface area (Å²) in [5, 5.41) is 9.43. The summed E-state index contributed by atoms with van der Waals surface area (Å²) in [4.78, 5) is 18.7. The quantitative estimate of drug-likeness (QED) is 0.310. The van der Waals surface area contributed by atoms with Gasteiger partial charge < -0.3 is 20.7 Å². The number of aliphatic imine (C=N–C) groups is 1. The third-order valence-electron chi connectivity index (χ3n) is 3.79. The van der Waals surface area contributed by atoms with Crippen LogP contribution in [-0.4, -0.2) is 73.8 Å². The standard InChI is InChI=1S/C17H35N5O2.HI/c1-7-18-16(20-11-15(23)21-17(4,5)6)19-10-13(2)22-8-9-24-12-14(22)3;/h13-14H,7-12H2,1-6H3,(H,21,23)(H2,18,19,20);1H. The van der Waals surface area contributed by atoms with E-state index in [2.05, 4.69) is 39.7 Å². The molecule has 1 fully saturated rings. The fourth-order valence-electron chi connectivity index (χ4n) is 2.71. The van der Waals surface area contributed by atoms with Crippen LogP contribution < -0.4 is 16.0 Å². The lowest BCUT2D eigenvalue weighted by molar-refractivity contribution is -0.121. The van der Waals surface area contributed by atoms with Gasteiger partial charge in [-0.3, -0.25) is 9.69 Å². The van der Waals surface area contributed by atoms with Gasteiger partial charge in [-0.1, -0.05) is 0 Å². The molecular formula is C17H36IN5O2. The maximum Gasteiger partial charge on any atom is 0.242 e. The number of amides is 1. The van der Waals surface area contributed by atoms with E-state index in [1.54, 1.807) is 0 Å². The smallest absolute Gasteiger partial charge is 0.242 e. The van der Waals surface area contributed by atoms with E-state index < -0.39 is 0 Å². The average Bonchev–Trinajstić information content (AvgIpc) is 2.48. The number of carbonyl (C=O) groups excluding carboxylic acids is 1. The molecule has 0 aliphatic carbocycles. The molecule has 1 rings (SSSR count). The van der Waals surface area contributed by atoms with Crippen LogP contribution in [0.25, 0.3) is 0 Å². The first-order valence-corrected chi connectivity index (χ1v) is 8.89. The van der Waals surface area contributed by atoms with Crippen molar-refractivity contribution in [3.63, 3.8) is 0 Å². The molecule has 148 valence electrons. The second kappa shape index (κ2) is 11.9. The van der Waals surface area contributed by atoms with Crippen LogP contribution in [-0.2, 0) is 9.53 Å². The lowest BCUT2D eigenvalue weighted by Gasteiger charge is -2.38. The van der Waals surface area contributed by atoms with E-state index >= 15 is 0 Å². The highest BCUT2D eigenvalue weighted by Crippen LogP contribution is 2.09. The average molecular weight is 469 g/mol. The molecule has 1 saturated heterocycles. The summed E-state index contributed by atoms with van der Waals surface area (Å²) in [5.41, 5.74) is -0.237. The normalized spacial score (nSPS) is 20.4. The Balaban J connectivity index is 0.00000576. The Hall–Kier alpha value is -0.610. The van der Waals surface area contributed by atoms with Crippen LogP contribution >= 0.6 is 24.0 Å². The Morgan fingerprint density at radius 3 is 2.60 bits per heavy atom. The van der Waals surface area contributed by atoms with Crippen molar-refractivity contribution in [1.82, 2.24) is 20.9 Å². The number of rotatable bonds is 6. The highest BCUT2D eigenvalue weighted by molar-refractivity contribution is 14.0. The number of morpholine rings is 1. The van der Waals surface area contributed by atoms with Gasteiger partial charge in [0.25, 0.3) is 0 Å². The minimum Gasteiger partial charge on any atom is -0.379 e. The second-order valence-corrected chi connectivity index (χ2v) is 7.39. The number of hydrogen-bond acceptors (Lipinski definition) is 4. The van der Waals surface area contributed by atoms with Crippen molar-refractivity contribution in [2.24, 2.45) is 4.99 Å². The lowest BCUT2D eigenvalue weighted by Crippen LogP contribution is -2.53. The molecule has 2 unspecified atom stereocenters. The molecule has 1 amide bonds. The summed E-state index contributed by atoms with van der Waals surface area (Å²) in [6, 6.07) is 0.795. The van der Waals surface area contributed by atoms with Crippen molar-refractivity contribution in [3.8, 4) is 0 Å². The third-order valence-corrected chi connectivity index (χ3v) is 3.79. The molecule has 0 bridgehead atoms. The van der Waals surface area contributed by atoms with Gasteiger partial charge in [0, 0.05) is 37.3 Å². The Kier molecular flexibility index (Phi) is 11.6. The molecule has 0 aromatic carbocycles. The van der Waals surface area contributed by atoms with Crippen LogP contribution in [0, 0.1) is 0 Å². The number of halogens is 1. The molecule has 25 heavy (non-hydrogen) atoms. The van der Waals surface area contributed by atoms with Crippen LogP contribution in [0.3, 0.4) is 0 Å². The summed E-state index contributed by atoms with van der Waals surface area (Å²) in [6.45, 7) is 16.5. The fraction of sp³-hybridized carbons (Fsp3) is 0.882. The molecule has 0 aromatic heterocycles. The van der Waals surface area contributed by atoms with Gasteiger partial charge in [0.1, 0.15) is 6.54 Å².